The number of carbonyl (C=O) groups is 2. The smallest absolute Gasteiger partial charge is 0.313 e. The quantitative estimate of drug-likeness (QED) is 0.678. The van der Waals surface area contributed by atoms with Gasteiger partial charge in [-0.05, 0) is 50.5 Å². The van der Waals surface area contributed by atoms with Gasteiger partial charge in [0.05, 0.1) is 19.3 Å². The molecule has 0 aliphatic carbocycles. The van der Waals surface area contributed by atoms with Crippen LogP contribution in [0.15, 0.2) is 42.5 Å². The van der Waals surface area contributed by atoms with Gasteiger partial charge in [-0.2, -0.15) is 0 Å². The van der Waals surface area contributed by atoms with Crippen molar-refractivity contribution in [3.8, 4) is 11.5 Å². The monoisotopic (exact) mass is 384 g/mol. The molecule has 6 heteroatoms. The normalized spacial score (nSPS) is 11.4. The van der Waals surface area contributed by atoms with Crippen LogP contribution in [0.2, 0.25) is 0 Å². The Kier molecular flexibility index (Phi) is 7.87. The third-order valence-electron chi connectivity index (χ3n) is 4.24. The molecule has 28 heavy (non-hydrogen) atoms. The third kappa shape index (κ3) is 5.74. The zero-order chi connectivity index (χ0) is 20.5. The Morgan fingerprint density at radius 1 is 0.893 bits per heavy atom. The molecule has 150 valence electrons. The molecule has 2 N–H and O–H groups in total. The summed E-state index contributed by atoms with van der Waals surface area (Å²) in [4.78, 5) is 24.5. The maximum atomic E-state index is 12.3. The number of aryl methyl sites for hydroxylation is 1. The largest absolute Gasteiger partial charge is 0.490 e. The molecule has 0 spiro atoms. The maximum absolute atomic E-state index is 12.3. The highest BCUT2D eigenvalue weighted by Crippen LogP contribution is 2.30. The van der Waals surface area contributed by atoms with Crippen molar-refractivity contribution in [1.82, 2.24) is 5.32 Å². The average molecular weight is 384 g/mol. The summed E-state index contributed by atoms with van der Waals surface area (Å²) in [5.41, 5.74) is 2.63. The lowest BCUT2D eigenvalue weighted by atomic mass is 10.1. The number of amides is 2. The second-order valence-electron chi connectivity index (χ2n) is 6.27. The summed E-state index contributed by atoms with van der Waals surface area (Å²) in [6, 6.07) is 12.7. The van der Waals surface area contributed by atoms with Gasteiger partial charge in [-0.15, -0.1) is 0 Å². The van der Waals surface area contributed by atoms with E-state index in [-0.39, 0.29) is 6.04 Å². The first kappa shape index (κ1) is 21.3. The Morgan fingerprint density at radius 2 is 1.54 bits per heavy atom. The number of anilines is 1. The van der Waals surface area contributed by atoms with Gasteiger partial charge >= 0.3 is 11.8 Å². The Bertz CT molecular complexity index is 803. The molecule has 1 unspecified atom stereocenters. The van der Waals surface area contributed by atoms with Gasteiger partial charge in [-0.25, -0.2) is 0 Å². The van der Waals surface area contributed by atoms with Crippen molar-refractivity contribution < 1.29 is 19.1 Å². The first-order valence-corrected chi connectivity index (χ1v) is 9.58. The second-order valence-corrected chi connectivity index (χ2v) is 6.27. The van der Waals surface area contributed by atoms with Crippen molar-refractivity contribution in [3.63, 3.8) is 0 Å². The molecule has 0 aliphatic rings. The van der Waals surface area contributed by atoms with Gasteiger partial charge in [0, 0.05) is 11.8 Å². The van der Waals surface area contributed by atoms with Crippen LogP contribution in [0.25, 0.3) is 0 Å². The molecule has 0 saturated carbocycles. The molecule has 0 radical (unpaired) electrons. The van der Waals surface area contributed by atoms with Crippen molar-refractivity contribution in [1.29, 1.82) is 0 Å². The zero-order valence-corrected chi connectivity index (χ0v) is 16.9. The number of nitrogens with one attached hydrogen (secondary N) is 2. The fraction of sp³-hybridized carbons (Fsp3) is 0.364. The van der Waals surface area contributed by atoms with Crippen LogP contribution in [0.4, 0.5) is 5.69 Å². The summed E-state index contributed by atoms with van der Waals surface area (Å²) < 4.78 is 11.0. The van der Waals surface area contributed by atoms with Gasteiger partial charge in [0.2, 0.25) is 0 Å². The number of carbonyl (C=O) groups excluding carboxylic acids is 2. The molecule has 6 nitrogen and oxygen atoms in total. The lowest BCUT2D eigenvalue weighted by Gasteiger charge is -2.15. The number of hydrogen-bond acceptors (Lipinski definition) is 4. The van der Waals surface area contributed by atoms with Gasteiger partial charge in [0.15, 0.2) is 11.5 Å². The number of hydrogen-bond donors (Lipinski definition) is 2. The molecular weight excluding hydrogens is 356 g/mol. The molecule has 0 saturated heterocycles. The Labute approximate surface area is 166 Å². The fourth-order valence-corrected chi connectivity index (χ4v) is 2.70. The van der Waals surface area contributed by atoms with Crippen LogP contribution in [-0.4, -0.2) is 25.0 Å². The summed E-state index contributed by atoms with van der Waals surface area (Å²) >= 11 is 0. The SMILES string of the molecule is CCOc1ccc(NC(=O)C(=O)NC(C)c2ccc(CC)cc2)cc1OCC. The van der Waals surface area contributed by atoms with E-state index in [1.807, 2.05) is 45.0 Å². The average Bonchev–Trinajstić information content (AvgIpc) is 2.70. The first-order chi connectivity index (χ1) is 13.5. The molecular formula is C22H28N2O4. The predicted molar refractivity (Wildman–Crippen MR) is 110 cm³/mol. The number of rotatable bonds is 8. The molecule has 2 rings (SSSR count). The fourth-order valence-electron chi connectivity index (χ4n) is 2.70. The highest BCUT2D eigenvalue weighted by Gasteiger charge is 2.18. The lowest BCUT2D eigenvalue weighted by Crippen LogP contribution is -2.36. The minimum atomic E-state index is -0.733. The van der Waals surface area contributed by atoms with E-state index in [4.69, 9.17) is 9.47 Å². The van der Waals surface area contributed by atoms with E-state index in [1.54, 1.807) is 18.2 Å². The van der Waals surface area contributed by atoms with Crippen LogP contribution in [0, 0.1) is 0 Å². The van der Waals surface area contributed by atoms with Crippen molar-refractivity contribution in [3.05, 3.63) is 53.6 Å². The van der Waals surface area contributed by atoms with Gasteiger partial charge in [0.25, 0.3) is 0 Å². The van der Waals surface area contributed by atoms with Crippen molar-refractivity contribution in [2.24, 2.45) is 0 Å². The van der Waals surface area contributed by atoms with E-state index >= 15 is 0 Å². The Balaban J connectivity index is 2.00. The van der Waals surface area contributed by atoms with Crippen LogP contribution in [-0.2, 0) is 16.0 Å². The lowest BCUT2D eigenvalue weighted by molar-refractivity contribution is -0.136. The topological polar surface area (TPSA) is 76.7 Å². The summed E-state index contributed by atoms with van der Waals surface area (Å²) in [6.45, 7) is 8.64. The van der Waals surface area contributed by atoms with E-state index in [0.29, 0.717) is 30.4 Å². The molecule has 2 amide bonds. The summed E-state index contributed by atoms with van der Waals surface area (Å²) in [5.74, 6) is -0.314. The van der Waals surface area contributed by atoms with E-state index < -0.39 is 11.8 Å². The molecule has 0 aliphatic heterocycles. The summed E-state index contributed by atoms with van der Waals surface area (Å²) in [6.07, 6.45) is 0.954. The second kappa shape index (κ2) is 10.3. The van der Waals surface area contributed by atoms with E-state index in [9.17, 15) is 9.59 Å². The van der Waals surface area contributed by atoms with Crippen molar-refractivity contribution in [2.75, 3.05) is 18.5 Å². The molecule has 2 aromatic carbocycles. The highest BCUT2D eigenvalue weighted by molar-refractivity contribution is 6.39. The van der Waals surface area contributed by atoms with E-state index in [0.717, 1.165) is 12.0 Å². The molecule has 0 bridgehead atoms. The molecule has 0 heterocycles. The molecule has 2 aromatic rings. The first-order valence-electron chi connectivity index (χ1n) is 9.58. The minimum Gasteiger partial charge on any atom is -0.490 e. The standard InChI is InChI=1S/C22H28N2O4/c1-5-16-8-10-17(11-9-16)15(4)23-21(25)22(26)24-18-12-13-19(27-6-2)20(14-18)28-7-3/h8-15H,5-7H2,1-4H3,(H,23,25)(H,24,26). The van der Waals surface area contributed by atoms with Crippen LogP contribution in [0.5, 0.6) is 11.5 Å². The van der Waals surface area contributed by atoms with Gasteiger partial charge in [-0.1, -0.05) is 31.2 Å². The third-order valence-corrected chi connectivity index (χ3v) is 4.24. The maximum Gasteiger partial charge on any atom is 0.313 e. The molecule has 1 atom stereocenters. The van der Waals surface area contributed by atoms with Crippen molar-refractivity contribution in [2.45, 2.75) is 40.2 Å². The predicted octanol–water partition coefficient (Wildman–Crippen LogP) is 3.86. The number of benzene rings is 2. The van der Waals surface area contributed by atoms with Crippen molar-refractivity contribution >= 4 is 17.5 Å². The Hall–Kier alpha value is -3.02. The minimum absolute atomic E-state index is 0.275. The van der Waals surface area contributed by atoms with Crippen LogP contribution in [0.3, 0.4) is 0 Å². The Morgan fingerprint density at radius 3 is 2.14 bits per heavy atom. The molecule has 0 fully saturated rings. The van der Waals surface area contributed by atoms with Gasteiger partial charge < -0.3 is 20.1 Å². The summed E-state index contributed by atoms with van der Waals surface area (Å²) in [5, 5.41) is 5.32. The van der Waals surface area contributed by atoms with E-state index in [2.05, 4.69) is 17.6 Å². The van der Waals surface area contributed by atoms with Crippen LogP contribution < -0.4 is 20.1 Å². The number of ether oxygens (including phenoxy) is 2. The molecule has 0 aromatic heterocycles. The summed E-state index contributed by atoms with van der Waals surface area (Å²) in [7, 11) is 0. The van der Waals surface area contributed by atoms with Crippen LogP contribution in [0.1, 0.15) is 44.9 Å². The zero-order valence-electron chi connectivity index (χ0n) is 16.9. The highest BCUT2D eigenvalue weighted by atomic mass is 16.5. The van der Waals surface area contributed by atoms with E-state index in [1.165, 1.54) is 5.56 Å². The van der Waals surface area contributed by atoms with Crippen LogP contribution >= 0.6 is 0 Å². The van der Waals surface area contributed by atoms with Gasteiger partial charge in [0.1, 0.15) is 0 Å². The van der Waals surface area contributed by atoms with Gasteiger partial charge in [-0.3, -0.25) is 9.59 Å².